The smallest absolute Gasteiger partial charge is 0.0331 e. The van der Waals surface area contributed by atoms with Crippen molar-refractivity contribution < 1.29 is 0 Å². The summed E-state index contributed by atoms with van der Waals surface area (Å²) >= 11 is 0. The second-order valence-corrected chi connectivity index (χ2v) is 6.16. The number of rotatable bonds is 3. The summed E-state index contributed by atoms with van der Waals surface area (Å²) in [4.78, 5) is 2.43. The Morgan fingerprint density at radius 3 is 1.43 bits per heavy atom. The van der Waals surface area contributed by atoms with Crippen molar-refractivity contribution in [2.75, 3.05) is 14.1 Å². The highest BCUT2D eigenvalue weighted by atomic mass is 15.3. The van der Waals surface area contributed by atoms with Gasteiger partial charge in [-0.15, -0.1) is 0 Å². The fourth-order valence-electron chi connectivity index (χ4n) is 1.56. The molecule has 0 rings (SSSR count). The standard InChI is InChI=1S/C12H28N2/c1-10(2,3)14(9)12(6,7)11(4,5)13-8/h13H,1-9H3. The Labute approximate surface area is 90.1 Å². The lowest BCUT2D eigenvalue weighted by molar-refractivity contribution is -0.000140. The highest BCUT2D eigenvalue weighted by Gasteiger charge is 2.42. The minimum atomic E-state index is 0.0923. The van der Waals surface area contributed by atoms with Crippen LogP contribution < -0.4 is 5.32 Å². The van der Waals surface area contributed by atoms with Crippen molar-refractivity contribution >= 4 is 0 Å². The third-order valence-electron chi connectivity index (χ3n) is 4.00. The molecule has 1 N–H and O–H groups in total. The normalized spacial score (nSPS) is 15.0. The Bertz CT molecular complexity index is 187. The van der Waals surface area contributed by atoms with Gasteiger partial charge in [-0.05, 0) is 62.6 Å². The summed E-state index contributed by atoms with van der Waals surface area (Å²) < 4.78 is 0. The van der Waals surface area contributed by atoms with Gasteiger partial charge in [0.25, 0.3) is 0 Å². The average Bonchev–Trinajstić information content (AvgIpc) is 2.01. The second-order valence-electron chi connectivity index (χ2n) is 6.16. The van der Waals surface area contributed by atoms with Crippen LogP contribution in [0.1, 0.15) is 48.5 Å². The van der Waals surface area contributed by atoms with Crippen LogP contribution in [0.4, 0.5) is 0 Å². The molecule has 0 aromatic heterocycles. The van der Waals surface area contributed by atoms with E-state index in [9.17, 15) is 0 Å². The molecule has 0 heterocycles. The van der Waals surface area contributed by atoms with Crippen LogP contribution >= 0.6 is 0 Å². The molecule has 0 amide bonds. The molecule has 0 aliphatic heterocycles. The zero-order chi connectivity index (χ0) is 11.8. The van der Waals surface area contributed by atoms with Crippen LogP contribution in [0.2, 0.25) is 0 Å². The van der Waals surface area contributed by atoms with Gasteiger partial charge < -0.3 is 5.32 Å². The van der Waals surface area contributed by atoms with Crippen molar-refractivity contribution in [3.05, 3.63) is 0 Å². The minimum absolute atomic E-state index is 0.0923. The van der Waals surface area contributed by atoms with Gasteiger partial charge >= 0.3 is 0 Å². The summed E-state index contributed by atoms with van der Waals surface area (Å²) in [6.45, 7) is 15.8. The van der Waals surface area contributed by atoms with Crippen molar-refractivity contribution in [2.24, 2.45) is 0 Å². The third-order valence-corrected chi connectivity index (χ3v) is 4.00. The first-order valence-corrected chi connectivity index (χ1v) is 5.39. The lowest BCUT2D eigenvalue weighted by atomic mass is 9.79. The lowest BCUT2D eigenvalue weighted by Gasteiger charge is -2.53. The van der Waals surface area contributed by atoms with E-state index in [4.69, 9.17) is 0 Å². The van der Waals surface area contributed by atoms with Crippen molar-refractivity contribution in [3.63, 3.8) is 0 Å². The van der Waals surface area contributed by atoms with Crippen molar-refractivity contribution in [1.29, 1.82) is 0 Å². The Morgan fingerprint density at radius 1 is 0.857 bits per heavy atom. The first kappa shape index (κ1) is 13.9. The number of nitrogens with one attached hydrogen (secondary N) is 1. The third kappa shape index (κ3) is 2.48. The van der Waals surface area contributed by atoms with Crippen molar-refractivity contribution in [1.82, 2.24) is 10.2 Å². The van der Waals surface area contributed by atoms with Crippen LogP contribution in [0, 0.1) is 0 Å². The fraction of sp³-hybridized carbons (Fsp3) is 1.00. The van der Waals surface area contributed by atoms with E-state index in [1.807, 2.05) is 7.05 Å². The number of hydrogen-bond acceptors (Lipinski definition) is 2. The zero-order valence-corrected chi connectivity index (χ0v) is 11.4. The second kappa shape index (κ2) is 3.82. The first-order chi connectivity index (χ1) is 5.97. The fourth-order valence-corrected chi connectivity index (χ4v) is 1.56. The summed E-state index contributed by atoms with van der Waals surface area (Å²) in [6.07, 6.45) is 0. The van der Waals surface area contributed by atoms with Crippen LogP contribution in [0.5, 0.6) is 0 Å². The molecule has 0 atom stereocenters. The van der Waals surface area contributed by atoms with E-state index < -0.39 is 0 Å². The molecule has 0 bridgehead atoms. The largest absolute Gasteiger partial charge is 0.313 e. The number of nitrogens with zero attached hydrogens (tertiary/aromatic N) is 1. The van der Waals surface area contributed by atoms with E-state index in [1.54, 1.807) is 0 Å². The summed E-state index contributed by atoms with van der Waals surface area (Å²) in [5.41, 5.74) is 0.395. The monoisotopic (exact) mass is 200 g/mol. The van der Waals surface area contributed by atoms with E-state index >= 15 is 0 Å². The van der Waals surface area contributed by atoms with E-state index in [0.717, 1.165) is 0 Å². The molecule has 0 aliphatic rings. The van der Waals surface area contributed by atoms with E-state index in [1.165, 1.54) is 0 Å². The lowest BCUT2D eigenvalue weighted by Crippen LogP contribution is -2.66. The summed E-state index contributed by atoms with van der Waals surface area (Å²) in [6, 6.07) is 0. The molecule has 0 saturated carbocycles. The molecule has 14 heavy (non-hydrogen) atoms. The Hall–Kier alpha value is -0.0800. The molecule has 0 saturated heterocycles. The molecule has 0 fully saturated rings. The predicted molar refractivity (Wildman–Crippen MR) is 64.7 cm³/mol. The van der Waals surface area contributed by atoms with Gasteiger partial charge in [-0.1, -0.05) is 0 Å². The molecule has 0 aliphatic carbocycles. The van der Waals surface area contributed by atoms with Gasteiger partial charge in [0.05, 0.1) is 0 Å². The maximum Gasteiger partial charge on any atom is 0.0331 e. The molecule has 2 nitrogen and oxygen atoms in total. The average molecular weight is 200 g/mol. The SMILES string of the molecule is CNC(C)(C)C(C)(C)N(C)C(C)(C)C. The highest BCUT2D eigenvalue weighted by molar-refractivity contribution is 5.02. The molecule has 0 radical (unpaired) electrons. The van der Waals surface area contributed by atoms with E-state index in [2.05, 4.69) is 65.7 Å². The first-order valence-electron chi connectivity index (χ1n) is 5.39. The summed E-state index contributed by atoms with van der Waals surface area (Å²) in [5, 5.41) is 3.39. The zero-order valence-electron chi connectivity index (χ0n) is 11.4. The molecular formula is C12H28N2. The summed E-state index contributed by atoms with van der Waals surface area (Å²) in [7, 11) is 4.22. The quantitative estimate of drug-likeness (QED) is 0.753. The molecule has 0 aromatic carbocycles. The van der Waals surface area contributed by atoms with Crippen LogP contribution in [0.15, 0.2) is 0 Å². The number of hydrogen-bond donors (Lipinski definition) is 1. The molecule has 0 aromatic rings. The highest BCUT2D eigenvalue weighted by Crippen LogP contribution is 2.31. The predicted octanol–water partition coefficient (Wildman–Crippen LogP) is 2.49. The molecule has 2 heteroatoms. The molecule has 86 valence electrons. The van der Waals surface area contributed by atoms with Crippen molar-refractivity contribution in [2.45, 2.75) is 65.1 Å². The van der Waals surface area contributed by atoms with E-state index in [0.29, 0.717) is 0 Å². The summed E-state index contributed by atoms with van der Waals surface area (Å²) in [5.74, 6) is 0. The molecule has 0 unspecified atom stereocenters. The van der Waals surface area contributed by atoms with Gasteiger partial charge in [0.1, 0.15) is 0 Å². The van der Waals surface area contributed by atoms with E-state index in [-0.39, 0.29) is 16.6 Å². The van der Waals surface area contributed by atoms with Gasteiger partial charge in [0, 0.05) is 16.6 Å². The van der Waals surface area contributed by atoms with Gasteiger partial charge in [-0.25, -0.2) is 0 Å². The van der Waals surface area contributed by atoms with Gasteiger partial charge in [-0.3, -0.25) is 4.90 Å². The Balaban J connectivity index is 4.96. The van der Waals surface area contributed by atoms with Gasteiger partial charge in [-0.2, -0.15) is 0 Å². The maximum atomic E-state index is 3.39. The van der Waals surface area contributed by atoms with Gasteiger partial charge in [0.15, 0.2) is 0 Å². The Morgan fingerprint density at radius 2 is 1.21 bits per heavy atom. The van der Waals surface area contributed by atoms with Crippen molar-refractivity contribution in [3.8, 4) is 0 Å². The maximum absolute atomic E-state index is 3.39. The topological polar surface area (TPSA) is 15.3 Å². The molecule has 0 spiro atoms. The minimum Gasteiger partial charge on any atom is -0.313 e. The van der Waals surface area contributed by atoms with Crippen LogP contribution in [0.3, 0.4) is 0 Å². The van der Waals surface area contributed by atoms with Crippen LogP contribution in [-0.2, 0) is 0 Å². The van der Waals surface area contributed by atoms with Crippen LogP contribution in [-0.4, -0.2) is 35.6 Å². The Kier molecular flexibility index (Phi) is 3.80. The van der Waals surface area contributed by atoms with Gasteiger partial charge in [0.2, 0.25) is 0 Å². The number of likely N-dealkylation sites (N-methyl/N-ethyl adjacent to an activating group) is 2. The molecular weight excluding hydrogens is 172 g/mol. The van der Waals surface area contributed by atoms with Crippen LogP contribution in [0.25, 0.3) is 0 Å².